The molecule has 0 aromatic rings. The topological polar surface area (TPSA) is 15.3 Å². The largest absolute Gasteiger partial charge is 0.310 e. The Morgan fingerprint density at radius 2 is 1.71 bits per heavy atom. The number of nitrogens with zero attached hydrogens (tertiary/aromatic N) is 1. The van der Waals surface area contributed by atoms with Crippen molar-refractivity contribution in [2.45, 2.75) is 75.9 Å². The van der Waals surface area contributed by atoms with Crippen LogP contribution < -0.4 is 5.32 Å². The summed E-state index contributed by atoms with van der Waals surface area (Å²) in [5, 5.41) is 3.91. The van der Waals surface area contributed by atoms with Gasteiger partial charge < -0.3 is 10.2 Å². The van der Waals surface area contributed by atoms with E-state index in [0.717, 1.165) is 24.0 Å². The smallest absolute Gasteiger partial charge is 0.0200 e. The highest BCUT2D eigenvalue weighted by atomic mass is 15.2. The Kier molecular flexibility index (Phi) is 3.72. The van der Waals surface area contributed by atoms with E-state index in [9.17, 15) is 0 Å². The molecule has 2 aliphatic carbocycles. The molecule has 1 aliphatic heterocycles. The zero-order valence-electron chi connectivity index (χ0n) is 11.3. The molecular formula is C15H28N2. The van der Waals surface area contributed by atoms with Gasteiger partial charge in [0.25, 0.3) is 0 Å². The first-order valence-corrected chi connectivity index (χ1v) is 7.79. The van der Waals surface area contributed by atoms with Crippen LogP contribution in [0.2, 0.25) is 0 Å². The number of likely N-dealkylation sites (N-methyl/N-ethyl adjacent to an activating group) is 1. The van der Waals surface area contributed by atoms with Crippen LogP contribution in [0.25, 0.3) is 0 Å². The van der Waals surface area contributed by atoms with Crippen molar-refractivity contribution in [3.05, 3.63) is 0 Å². The third kappa shape index (κ3) is 2.68. The Morgan fingerprint density at radius 3 is 2.47 bits per heavy atom. The van der Waals surface area contributed by atoms with Crippen LogP contribution in [0.3, 0.4) is 0 Å². The average molecular weight is 236 g/mol. The minimum Gasteiger partial charge on any atom is -0.310 e. The van der Waals surface area contributed by atoms with Gasteiger partial charge in [0.05, 0.1) is 0 Å². The lowest BCUT2D eigenvalue weighted by atomic mass is 9.85. The Morgan fingerprint density at radius 1 is 1.00 bits per heavy atom. The Labute approximate surface area is 106 Å². The van der Waals surface area contributed by atoms with Crippen LogP contribution >= 0.6 is 0 Å². The minimum absolute atomic E-state index is 0.786. The van der Waals surface area contributed by atoms with Crippen molar-refractivity contribution in [1.29, 1.82) is 0 Å². The van der Waals surface area contributed by atoms with Crippen molar-refractivity contribution in [1.82, 2.24) is 10.2 Å². The first-order valence-electron chi connectivity index (χ1n) is 7.79. The molecule has 0 spiro atoms. The van der Waals surface area contributed by atoms with Crippen molar-refractivity contribution in [2.75, 3.05) is 13.6 Å². The van der Waals surface area contributed by atoms with Crippen LogP contribution in [-0.4, -0.2) is 36.6 Å². The summed E-state index contributed by atoms with van der Waals surface area (Å²) in [7, 11) is 2.35. The Balaban J connectivity index is 1.49. The third-order valence-electron chi connectivity index (χ3n) is 5.40. The first-order chi connectivity index (χ1) is 8.33. The predicted molar refractivity (Wildman–Crippen MR) is 72.2 cm³/mol. The van der Waals surface area contributed by atoms with E-state index in [1.165, 1.54) is 64.3 Å². The molecule has 3 fully saturated rings. The second-order valence-electron chi connectivity index (χ2n) is 6.63. The van der Waals surface area contributed by atoms with E-state index in [0.29, 0.717) is 0 Å². The third-order valence-corrected chi connectivity index (χ3v) is 5.40. The van der Waals surface area contributed by atoms with E-state index < -0.39 is 0 Å². The van der Waals surface area contributed by atoms with E-state index >= 15 is 0 Å². The van der Waals surface area contributed by atoms with Gasteiger partial charge in [-0.05, 0) is 45.1 Å². The van der Waals surface area contributed by atoms with Crippen LogP contribution in [0.1, 0.15) is 57.8 Å². The molecule has 0 bridgehead atoms. The number of hydrogen-bond acceptors (Lipinski definition) is 2. The molecular weight excluding hydrogens is 208 g/mol. The second-order valence-corrected chi connectivity index (χ2v) is 6.63. The molecule has 0 aromatic carbocycles. The molecule has 0 amide bonds. The predicted octanol–water partition coefficient (Wildman–Crippen LogP) is 2.78. The highest BCUT2D eigenvalue weighted by Crippen LogP contribution is 2.33. The molecule has 1 saturated heterocycles. The van der Waals surface area contributed by atoms with E-state index in [1.807, 2.05) is 0 Å². The number of fused-ring (bicyclic) bond motifs is 1. The van der Waals surface area contributed by atoms with Gasteiger partial charge in [0.2, 0.25) is 0 Å². The molecule has 17 heavy (non-hydrogen) atoms. The van der Waals surface area contributed by atoms with Crippen molar-refractivity contribution >= 4 is 0 Å². The SMILES string of the molecule is CN(CC1CC2CCCCC2N1)C1CCCC1. The highest BCUT2D eigenvalue weighted by molar-refractivity contribution is 4.94. The van der Waals surface area contributed by atoms with E-state index in [2.05, 4.69) is 17.3 Å². The maximum atomic E-state index is 3.91. The van der Waals surface area contributed by atoms with Gasteiger partial charge in [-0.25, -0.2) is 0 Å². The molecule has 1 N–H and O–H groups in total. The first kappa shape index (κ1) is 12.0. The van der Waals surface area contributed by atoms with Crippen LogP contribution in [-0.2, 0) is 0 Å². The lowest BCUT2D eigenvalue weighted by molar-refractivity contribution is 0.222. The molecule has 2 nitrogen and oxygen atoms in total. The van der Waals surface area contributed by atoms with Gasteiger partial charge in [-0.15, -0.1) is 0 Å². The molecule has 1 heterocycles. The fraction of sp³-hybridized carbons (Fsp3) is 1.00. The van der Waals surface area contributed by atoms with Crippen LogP contribution in [0.4, 0.5) is 0 Å². The van der Waals surface area contributed by atoms with Crippen LogP contribution in [0.5, 0.6) is 0 Å². The minimum atomic E-state index is 0.786. The summed E-state index contributed by atoms with van der Waals surface area (Å²) >= 11 is 0. The van der Waals surface area contributed by atoms with Crippen LogP contribution in [0.15, 0.2) is 0 Å². The zero-order valence-corrected chi connectivity index (χ0v) is 11.3. The maximum absolute atomic E-state index is 3.91. The van der Waals surface area contributed by atoms with E-state index in [4.69, 9.17) is 0 Å². The van der Waals surface area contributed by atoms with E-state index in [1.54, 1.807) is 0 Å². The average Bonchev–Trinajstić information content (AvgIpc) is 2.97. The van der Waals surface area contributed by atoms with Crippen molar-refractivity contribution in [3.8, 4) is 0 Å². The summed E-state index contributed by atoms with van der Waals surface area (Å²) in [5.41, 5.74) is 0. The lowest BCUT2D eigenvalue weighted by Gasteiger charge is -2.27. The summed E-state index contributed by atoms with van der Waals surface area (Å²) < 4.78 is 0. The zero-order chi connectivity index (χ0) is 11.7. The van der Waals surface area contributed by atoms with Crippen LogP contribution in [0, 0.1) is 5.92 Å². The number of hydrogen-bond donors (Lipinski definition) is 1. The molecule has 3 rings (SSSR count). The molecule has 0 aromatic heterocycles. The molecule has 2 saturated carbocycles. The molecule has 3 unspecified atom stereocenters. The van der Waals surface area contributed by atoms with Gasteiger partial charge in [-0.2, -0.15) is 0 Å². The fourth-order valence-electron chi connectivity index (χ4n) is 4.41. The van der Waals surface area contributed by atoms with Gasteiger partial charge in [-0.3, -0.25) is 0 Å². The molecule has 3 aliphatic rings. The van der Waals surface area contributed by atoms with Gasteiger partial charge in [-0.1, -0.05) is 25.7 Å². The quantitative estimate of drug-likeness (QED) is 0.810. The summed E-state index contributed by atoms with van der Waals surface area (Å²) in [6, 6.07) is 2.54. The molecule has 98 valence electrons. The number of nitrogens with one attached hydrogen (secondary N) is 1. The van der Waals surface area contributed by atoms with Crippen molar-refractivity contribution < 1.29 is 0 Å². The van der Waals surface area contributed by atoms with Gasteiger partial charge >= 0.3 is 0 Å². The standard InChI is InChI=1S/C15H28N2/c1-17(14-7-3-4-8-14)11-13-10-12-6-2-5-9-15(12)16-13/h12-16H,2-11H2,1H3. The normalized spacial score (nSPS) is 38.8. The summed E-state index contributed by atoms with van der Waals surface area (Å²) in [6.07, 6.45) is 13.1. The summed E-state index contributed by atoms with van der Waals surface area (Å²) in [5.74, 6) is 1.01. The van der Waals surface area contributed by atoms with Gasteiger partial charge in [0.1, 0.15) is 0 Å². The summed E-state index contributed by atoms with van der Waals surface area (Å²) in [6.45, 7) is 1.29. The van der Waals surface area contributed by atoms with Gasteiger partial charge in [0.15, 0.2) is 0 Å². The molecule has 0 radical (unpaired) electrons. The number of rotatable bonds is 3. The van der Waals surface area contributed by atoms with Crippen molar-refractivity contribution in [2.24, 2.45) is 5.92 Å². The van der Waals surface area contributed by atoms with Gasteiger partial charge in [0, 0.05) is 24.7 Å². The molecule has 3 atom stereocenters. The monoisotopic (exact) mass is 236 g/mol. The summed E-state index contributed by atoms with van der Waals surface area (Å²) in [4.78, 5) is 2.64. The fourth-order valence-corrected chi connectivity index (χ4v) is 4.41. The highest BCUT2D eigenvalue weighted by Gasteiger charge is 2.35. The van der Waals surface area contributed by atoms with E-state index in [-0.39, 0.29) is 0 Å². The van der Waals surface area contributed by atoms with Crippen molar-refractivity contribution in [3.63, 3.8) is 0 Å². The molecule has 2 heteroatoms. The second kappa shape index (κ2) is 5.27. The Bertz CT molecular complexity index is 233. The Hall–Kier alpha value is -0.0800. The lowest BCUT2D eigenvalue weighted by Crippen LogP contribution is -2.42. The maximum Gasteiger partial charge on any atom is 0.0200 e.